The Kier molecular flexibility index (Phi) is 5.39. The smallest absolute Gasteiger partial charge is 0.224 e. The van der Waals surface area contributed by atoms with Crippen molar-refractivity contribution in [1.82, 2.24) is 9.62 Å². The zero-order chi connectivity index (χ0) is 17.3. The van der Waals surface area contributed by atoms with Crippen LogP contribution in [0.25, 0.3) is 0 Å². The number of benzene rings is 1. The van der Waals surface area contributed by atoms with Gasteiger partial charge in [0.05, 0.1) is 21.7 Å². The van der Waals surface area contributed by atoms with Gasteiger partial charge in [0.25, 0.3) is 0 Å². The molecule has 1 saturated heterocycles. The number of carbonyl (C=O) groups is 1. The predicted molar refractivity (Wildman–Crippen MR) is 94.5 cm³/mol. The van der Waals surface area contributed by atoms with E-state index < -0.39 is 10.0 Å². The van der Waals surface area contributed by atoms with E-state index in [1.807, 2.05) is 0 Å². The number of rotatable bonds is 5. The Bertz CT molecular complexity index is 735. The molecule has 1 saturated carbocycles. The van der Waals surface area contributed by atoms with E-state index in [-0.39, 0.29) is 24.1 Å². The zero-order valence-corrected chi connectivity index (χ0v) is 15.5. The van der Waals surface area contributed by atoms with Crippen molar-refractivity contribution in [3.8, 4) is 0 Å². The molecule has 8 heteroatoms. The third-order valence-electron chi connectivity index (χ3n) is 4.41. The van der Waals surface area contributed by atoms with Gasteiger partial charge in [-0.25, -0.2) is 12.7 Å². The van der Waals surface area contributed by atoms with Crippen LogP contribution in [0.5, 0.6) is 0 Å². The predicted octanol–water partition coefficient (Wildman–Crippen LogP) is 2.81. The molecule has 1 aromatic rings. The summed E-state index contributed by atoms with van der Waals surface area (Å²) in [7, 11) is -3.49. The molecule has 2 aliphatic rings. The van der Waals surface area contributed by atoms with Gasteiger partial charge < -0.3 is 5.32 Å². The number of nitrogens with zero attached hydrogens (tertiary/aromatic N) is 1. The van der Waals surface area contributed by atoms with Crippen molar-refractivity contribution in [2.45, 2.75) is 37.5 Å². The van der Waals surface area contributed by atoms with Gasteiger partial charge >= 0.3 is 0 Å². The topological polar surface area (TPSA) is 66.5 Å². The number of hydrogen-bond acceptors (Lipinski definition) is 3. The summed E-state index contributed by atoms with van der Waals surface area (Å²) in [6.45, 7) is 0.707. The molecule has 1 amide bonds. The lowest BCUT2D eigenvalue weighted by molar-refractivity contribution is -0.126. The monoisotopic (exact) mass is 390 g/mol. The summed E-state index contributed by atoms with van der Waals surface area (Å²) in [6, 6.07) is 5.12. The SMILES string of the molecule is O=C(NC1CC1)C1CCCN(S(=O)(=O)Cc2ccc(Cl)c(Cl)c2)C1. The molecule has 1 aromatic carbocycles. The zero-order valence-electron chi connectivity index (χ0n) is 13.2. The fraction of sp³-hybridized carbons (Fsp3) is 0.562. The first-order valence-corrected chi connectivity index (χ1v) is 10.4. The average molecular weight is 391 g/mol. The number of piperidine rings is 1. The van der Waals surface area contributed by atoms with E-state index >= 15 is 0 Å². The van der Waals surface area contributed by atoms with E-state index in [0.717, 1.165) is 19.3 Å². The first-order valence-electron chi connectivity index (χ1n) is 8.07. The molecule has 2 fully saturated rings. The van der Waals surface area contributed by atoms with E-state index in [2.05, 4.69) is 5.32 Å². The van der Waals surface area contributed by atoms with E-state index in [4.69, 9.17) is 23.2 Å². The molecular formula is C16H20Cl2N2O3S. The molecule has 5 nitrogen and oxygen atoms in total. The number of carbonyl (C=O) groups excluding carboxylic acids is 1. The summed E-state index contributed by atoms with van der Waals surface area (Å²) in [5.74, 6) is -0.421. The number of halogens is 2. The molecule has 0 radical (unpaired) electrons. The van der Waals surface area contributed by atoms with Crippen LogP contribution >= 0.6 is 23.2 Å². The molecule has 1 unspecified atom stereocenters. The van der Waals surface area contributed by atoms with E-state index in [0.29, 0.717) is 34.6 Å². The Balaban J connectivity index is 1.66. The molecule has 1 aliphatic heterocycles. The normalized spacial score (nSPS) is 22.3. The minimum absolute atomic E-state index is 0.0214. The van der Waals surface area contributed by atoms with Crippen molar-refractivity contribution in [3.63, 3.8) is 0 Å². The highest BCUT2D eigenvalue weighted by atomic mass is 35.5. The van der Waals surface area contributed by atoms with Gasteiger partial charge in [-0.3, -0.25) is 4.79 Å². The van der Waals surface area contributed by atoms with Crippen LogP contribution in [0.15, 0.2) is 18.2 Å². The standard InChI is InChI=1S/C16H20Cl2N2O3S/c17-14-6-3-11(8-15(14)18)10-24(22,23)20-7-1-2-12(9-20)16(21)19-13-4-5-13/h3,6,8,12-13H,1-2,4-5,7,9-10H2,(H,19,21). The summed E-state index contributed by atoms with van der Waals surface area (Å²) in [4.78, 5) is 12.2. The number of nitrogens with one attached hydrogen (secondary N) is 1. The second-order valence-corrected chi connectivity index (χ2v) is 9.27. The van der Waals surface area contributed by atoms with Gasteiger partial charge in [-0.05, 0) is 43.4 Å². The fourth-order valence-corrected chi connectivity index (χ4v) is 4.81. The molecule has 1 aliphatic carbocycles. The van der Waals surface area contributed by atoms with Gasteiger partial charge in [-0.2, -0.15) is 0 Å². The molecule has 24 heavy (non-hydrogen) atoms. The highest BCUT2D eigenvalue weighted by Crippen LogP contribution is 2.26. The van der Waals surface area contributed by atoms with Crippen molar-refractivity contribution >= 4 is 39.1 Å². The Hall–Kier alpha value is -0.820. The maximum atomic E-state index is 12.7. The largest absolute Gasteiger partial charge is 0.353 e. The van der Waals surface area contributed by atoms with Gasteiger partial charge in [0, 0.05) is 19.1 Å². The van der Waals surface area contributed by atoms with Crippen LogP contribution in [0.4, 0.5) is 0 Å². The minimum Gasteiger partial charge on any atom is -0.353 e. The maximum absolute atomic E-state index is 12.7. The molecule has 0 aromatic heterocycles. The lowest BCUT2D eigenvalue weighted by atomic mass is 9.99. The van der Waals surface area contributed by atoms with Crippen molar-refractivity contribution < 1.29 is 13.2 Å². The quantitative estimate of drug-likeness (QED) is 0.840. The van der Waals surface area contributed by atoms with Gasteiger partial charge in [0.2, 0.25) is 15.9 Å². The van der Waals surface area contributed by atoms with Gasteiger partial charge in [-0.1, -0.05) is 29.3 Å². The summed E-state index contributed by atoms with van der Waals surface area (Å²) >= 11 is 11.8. The summed E-state index contributed by atoms with van der Waals surface area (Å²) < 4.78 is 26.8. The third-order valence-corrected chi connectivity index (χ3v) is 6.96. The van der Waals surface area contributed by atoms with E-state index in [9.17, 15) is 13.2 Å². The van der Waals surface area contributed by atoms with Gasteiger partial charge in [0.15, 0.2) is 0 Å². The number of hydrogen-bond donors (Lipinski definition) is 1. The van der Waals surface area contributed by atoms with Crippen LogP contribution in [0.2, 0.25) is 10.0 Å². The minimum atomic E-state index is -3.49. The Morgan fingerprint density at radius 2 is 1.96 bits per heavy atom. The average Bonchev–Trinajstić information content (AvgIpc) is 3.35. The lowest BCUT2D eigenvalue weighted by Crippen LogP contribution is -2.46. The molecule has 1 atom stereocenters. The van der Waals surface area contributed by atoms with Crippen LogP contribution < -0.4 is 5.32 Å². The highest BCUT2D eigenvalue weighted by Gasteiger charge is 2.34. The van der Waals surface area contributed by atoms with Crippen LogP contribution in [0.1, 0.15) is 31.2 Å². The molecule has 0 spiro atoms. The first-order chi connectivity index (χ1) is 11.3. The highest BCUT2D eigenvalue weighted by molar-refractivity contribution is 7.88. The molecule has 3 rings (SSSR count). The number of sulfonamides is 1. The van der Waals surface area contributed by atoms with Crippen molar-refractivity contribution in [1.29, 1.82) is 0 Å². The number of amides is 1. The maximum Gasteiger partial charge on any atom is 0.224 e. The summed E-state index contributed by atoms with van der Waals surface area (Å²) in [5.41, 5.74) is 0.592. The molecule has 0 bridgehead atoms. The van der Waals surface area contributed by atoms with Crippen molar-refractivity contribution in [3.05, 3.63) is 33.8 Å². The van der Waals surface area contributed by atoms with Crippen LogP contribution in [0.3, 0.4) is 0 Å². The van der Waals surface area contributed by atoms with E-state index in [1.54, 1.807) is 18.2 Å². The van der Waals surface area contributed by atoms with Crippen molar-refractivity contribution in [2.24, 2.45) is 5.92 Å². The van der Waals surface area contributed by atoms with Crippen LogP contribution in [-0.2, 0) is 20.6 Å². The summed E-state index contributed by atoms with van der Waals surface area (Å²) in [6.07, 6.45) is 3.48. The van der Waals surface area contributed by atoms with Gasteiger partial charge in [-0.15, -0.1) is 0 Å². The van der Waals surface area contributed by atoms with Crippen LogP contribution in [0, 0.1) is 5.92 Å². The van der Waals surface area contributed by atoms with Gasteiger partial charge in [0.1, 0.15) is 0 Å². The molecule has 1 heterocycles. The molecular weight excluding hydrogens is 371 g/mol. The second-order valence-electron chi connectivity index (χ2n) is 6.48. The Morgan fingerprint density at radius 1 is 1.21 bits per heavy atom. The molecule has 132 valence electrons. The molecule has 1 N–H and O–H groups in total. The fourth-order valence-electron chi connectivity index (χ4n) is 2.89. The van der Waals surface area contributed by atoms with Crippen molar-refractivity contribution in [2.75, 3.05) is 13.1 Å². The van der Waals surface area contributed by atoms with Crippen LogP contribution in [-0.4, -0.2) is 37.8 Å². The third kappa shape index (κ3) is 4.42. The van der Waals surface area contributed by atoms with E-state index in [1.165, 1.54) is 4.31 Å². The Morgan fingerprint density at radius 3 is 2.62 bits per heavy atom. The lowest BCUT2D eigenvalue weighted by Gasteiger charge is -2.31. The summed E-state index contributed by atoms with van der Waals surface area (Å²) in [5, 5.41) is 3.70. The first kappa shape index (κ1) is 18.0. The Labute approximate surface area is 152 Å². The second kappa shape index (κ2) is 7.20.